The number of ketones is 2. The average molecular weight is 289 g/mol. The van der Waals surface area contributed by atoms with Crippen LogP contribution >= 0.6 is 0 Å². The van der Waals surface area contributed by atoms with Crippen LogP contribution < -0.4 is 0 Å². The number of rotatable bonds is 1. The van der Waals surface area contributed by atoms with Gasteiger partial charge < -0.3 is 0 Å². The highest BCUT2D eigenvalue weighted by Gasteiger charge is 2.48. The monoisotopic (exact) mass is 289 g/mol. The van der Waals surface area contributed by atoms with Gasteiger partial charge in [0.15, 0.2) is 11.6 Å². The Balaban J connectivity index is 1.86. The van der Waals surface area contributed by atoms with Gasteiger partial charge in [-0.25, -0.2) is 0 Å². The summed E-state index contributed by atoms with van der Waals surface area (Å²) in [6.45, 7) is 4.06. The van der Waals surface area contributed by atoms with E-state index >= 15 is 0 Å². The van der Waals surface area contributed by atoms with Crippen molar-refractivity contribution in [1.82, 2.24) is 0 Å². The van der Waals surface area contributed by atoms with Crippen LogP contribution in [0.25, 0.3) is 0 Å². The third-order valence-corrected chi connectivity index (χ3v) is 4.71. The standard InChI is InChI=1S/C19H15NO2/c1-19(2)13-9-5-6-10-14(13)20-18(19)15-16(21)11-7-3-4-8-12(11)17(15)22/h3-10,15H,1-2H3. The maximum absolute atomic E-state index is 12.7. The number of hydrogen-bond donors (Lipinski definition) is 0. The zero-order valence-corrected chi connectivity index (χ0v) is 12.5. The van der Waals surface area contributed by atoms with E-state index in [-0.39, 0.29) is 11.6 Å². The Labute approximate surface area is 128 Å². The first-order valence-corrected chi connectivity index (χ1v) is 7.38. The second-order valence-electron chi connectivity index (χ2n) is 6.35. The van der Waals surface area contributed by atoms with Gasteiger partial charge in [-0.2, -0.15) is 0 Å². The highest BCUT2D eigenvalue weighted by Crippen LogP contribution is 2.44. The van der Waals surface area contributed by atoms with Crippen molar-refractivity contribution in [3.63, 3.8) is 0 Å². The third kappa shape index (κ3) is 1.54. The summed E-state index contributed by atoms with van der Waals surface area (Å²) in [7, 11) is 0. The fourth-order valence-electron chi connectivity index (χ4n) is 3.52. The van der Waals surface area contributed by atoms with Crippen molar-refractivity contribution in [2.24, 2.45) is 10.9 Å². The summed E-state index contributed by atoms with van der Waals surface area (Å²) in [5.41, 5.74) is 3.23. The second-order valence-corrected chi connectivity index (χ2v) is 6.35. The van der Waals surface area contributed by atoms with Crippen molar-refractivity contribution in [1.29, 1.82) is 0 Å². The summed E-state index contributed by atoms with van der Waals surface area (Å²) in [4.78, 5) is 30.1. The van der Waals surface area contributed by atoms with Gasteiger partial charge in [0.1, 0.15) is 5.92 Å². The normalized spacial score (nSPS) is 19.1. The number of para-hydroxylation sites is 1. The first-order chi connectivity index (χ1) is 10.5. The first kappa shape index (κ1) is 13.1. The summed E-state index contributed by atoms with van der Waals surface area (Å²) >= 11 is 0. The smallest absolute Gasteiger partial charge is 0.180 e. The third-order valence-electron chi connectivity index (χ3n) is 4.71. The van der Waals surface area contributed by atoms with Crippen molar-refractivity contribution in [2.45, 2.75) is 19.3 Å². The summed E-state index contributed by atoms with van der Waals surface area (Å²) in [6, 6.07) is 14.9. The van der Waals surface area contributed by atoms with Gasteiger partial charge in [-0.15, -0.1) is 0 Å². The lowest BCUT2D eigenvalue weighted by Crippen LogP contribution is -2.37. The van der Waals surface area contributed by atoms with Crippen LogP contribution in [0.5, 0.6) is 0 Å². The van der Waals surface area contributed by atoms with Crippen LogP contribution in [0.4, 0.5) is 5.69 Å². The van der Waals surface area contributed by atoms with Crippen LogP contribution in [-0.4, -0.2) is 17.3 Å². The van der Waals surface area contributed by atoms with E-state index in [2.05, 4.69) is 4.99 Å². The maximum Gasteiger partial charge on any atom is 0.180 e. The van der Waals surface area contributed by atoms with Gasteiger partial charge in [-0.3, -0.25) is 14.6 Å². The molecule has 0 saturated carbocycles. The number of carbonyl (C=O) groups excluding carboxylic acids is 2. The van der Waals surface area contributed by atoms with Gasteiger partial charge in [0.2, 0.25) is 0 Å². The zero-order valence-electron chi connectivity index (χ0n) is 12.5. The number of benzene rings is 2. The molecule has 0 fully saturated rings. The molecule has 2 aromatic carbocycles. The molecule has 3 heteroatoms. The molecule has 22 heavy (non-hydrogen) atoms. The minimum absolute atomic E-state index is 0.125. The fraction of sp³-hybridized carbons (Fsp3) is 0.211. The molecule has 0 spiro atoms. The van der Waals surface area contributed by atoms with Crippen LogP contribution in [0, 0.1) is 5.92 Å². The minimum Gasteiger partial charge on any atom is -0.293 e. The van der Waals surface area contributed by atoms with Crippen LogP contribution in [-0.2, 0) is 5.41 Å². The predicted octanol–water partition coefficient (Wildman–Crippen LogP) is 3.75. The van der Waals surface area contributed by atoms with Crippen LogP contribution in [0.15, 0.2) is 53.5 Å². The largest absolute Gasteiger partial charge is 0.293 e. The Kier molecular flexibility index (Phi) is 2.52. The van der Waals surface area contributed by atoms with Gasteiger partial charge in [0.05, 0.1) is 5.69 Å². The molecule has 1 aliphatic heterocycles. The fourth-order valence-corrected chi connectivity index (χ4v) is 3.52. The summed E-state index contributed by atoms with van der Waals surface area (Å²) in [5.74, 6) is -1.03. The molecule has 2 aromatic rings. The van der Waals surface area contributed by atoms with E-state index in [9.17, 15) is 9.59 Å². The lowest BCUT2D eigenvalue weighted by atomic mass is 9.75. The number of fused-ring (bicyclic) bond motifs is 2. The molecule has 108 valence electrons. The molecule has 3 nitrogen and oxygen atoms in total. The minimum atomic E-state index is -0.778. The van der Waals surface area contributed by atoms with E-state index in [1.807, 2.05) is 38.1 Å². The topological polar surface area (TPSA) is 46.5 Å². The van der Waals surface area contributed by atoms with Crippen LogP contribution in [0.2, 0.25) is 0 Å². The number of nitrogens with zero attached hydrogens (tertiary/aromatic N) is 1. The Morgan fingerprint density at radius 3 is 2.00 bits per heavy atom. The highest BCUT2D eigenvalue weighted by atomic mass is 16.2. The van der Waals surface area contributed by atoms with Crippen molar-refractivity contribution in [2.75, 3.05) is 0 Å². The van der Waals surface area contributed by atoms with Crippen LogP contribution in [0.3, 0.4) is 0 Å². The van der Waals surface area contributed by atoms with Crippen molar-refractivity contribution in [3.8, 4) is 0 Å². The SMILES string of the molecule is CC1(C)C(C2C(=O)c3ccccc3C2=O)=Nc2ccccc21. The molecule has 0 amide bonds. The van der Waals surface area contributed by atoms with Crippen molar-refractivity contribution < 1.29 is 9.59 Å². The maximum atomic E-state index is 12.7. The molecule has 0 radical (unpaired) electrons. The van der Waals surface area contributed by atoms with E-state index in [1.54, 1.807) is 24.3 Å². The lowest BCUT2D eigenvalue weighted by molar-refractivity contribution is 0.0880. The predicted molar refractivity (Wildman–Crippen MR) is 85.2 cm³/mol. The molecule has 0 unspecified atom stereocenters. The number of carbonyl (C=O) groups is 2. The molecule has 2 aliphatic rings. The second kappa shape index (κ2) is 4.23. The molecule has 0 bridgehead atoms. The van der Waals surface area contributed by atoms with Gasteiger partial charge in [0.25, 0.3) is 0 Å². The molecular formula is C19H15NO2. The molecule has 1 aliphatic carbocycles. The van der Waals surface area contributed by atoms with Gasteiger partial charge in [-0.05, 0) is 11.6 Å². The molecule has 1 heterocycles. The molecule has 0 aromatic heterocycles. The van der Waals surface area contributed by atoms with E-state index in [1.165, 1.54) is 0 Å². The number of Topliss-reactive ketones (excluding diaryl/α,β-unsaturated/α-hetero) is 2. The van der Waals surface area contributed by atoms with Crippen molar-refractivity contribution >= 4 is 23.0 Å². The molecular weight excluding hydrogens is 274 g/mol. The Morgan fingerprint density at radius 2 is 1.41 bits per heavy atom. The lowest BCUT2D eigenvalue weighted by Gasteiger charge is -2.24. The Morgan fingerprint density at radius 1 is 0.864 bits per heavy atom. The first-order valence-electron chi connectivity index (χ1n) is 7.38. The van der Waals surface area contributed by atoms with E-state index in [4.69, 9.17) is 0 Å². The Hall–Kier alpha value is -2.55. The van der Waals surface area contributed by atoms with Gasteiger partial charge in [0, 0.05) is 22.3 Å². The molecule has 0 N–H and O–H groups in total. The van der Waals surface area contributed by atoms with Crippen molar-refractivity contribution in [3.05, 3.63) is 65.2 Å². The highest BCUT2D eigenvalue weighted by molar-refractivity contribution is 6.38. The zero-order chi connectivity index (χ0) is 15.5. The van der Waals surface area contributed by atoms with E-state index < -0.39 is 11.3 Å². The summed E-state index contributed by atoms with van der Waals surface area (Å²) < 4.78 is 0. The van der Waals surface area contributed by atoms with E-state index in [0.29, 0.717) is 16.8 Å². The molecule has 0 saturated heterocycles. The molecule has 0 atom stereocenters. The van der Waals surface area contributed by atoms with E-state index in [0.717, 1.165) is 11.3 Å². The number of hydrogen-bond acceptors (Lipinski definition) is 3. The summed E-state index contributed by atoms with van der Waals surface area (Å²) in [6.07, 6.45) is 0. The summed E-state index contributed by atoms with van der Waals surface area (Å²) in [5, 5.41) is 0. The average Bonchev–Trinajstić information content (AvgIpc) is 2.92. The van der Waals surface area contributed by atoms with Gasteiger partial charge >= 0.3 is 0 Å². The number of aliphatic imine (C=N–C) groups is 1. The van der Waals surface area contributed by atoms with Gasteiger partial charge in [-0.1, -0.05) is 56.3 Å². The van der Waals surface area contributed by atoms with Crippen LogP contribution in [0.1, 0.15) is 40.1 Å². The Bertz CT molecular complexity index is 826. The molecule has 4 rings (SSSR count). The quantitative estimate of drug-likeness (QED) is 0.751.